The molecule has 2 aromatic carbocycles. The van der Waals surface area contributed by atoms with E-state index in [0.29, 0.717) is 6.42 Å². The molecule has 0 spiro atoms. The first kappa shape index (κ1) is 22.7. The van der Waals surface area contributed by atoms with E-state index in [-0.39, 0.29) is 35.9 Å². The van der Waals surface area contributed by atoms with Crippen molar-refractivity contribution in [1.82, 2.24) is 0 Å². The van der Waals surface area contributed by atoms with Crippen LogP contribution in [0.3, 0.4) is 0 Å². The maximum absolute atomic E-state index is 11.0. The number of aliphatic hydroxyl groups is 1. The summed E-state index contributed by atoms with van der Waals surface area (Å²) in [5, 5.41) is 36.2. The number of carboxylic acids is 2. The summed E-state index contributed by atoms with van der Waals surface area (Å²) in [7, 11) is 0. The Morgan fingerprint density at radius 1 is 1.04 bits per heavy atom. The quantitative estimate of drug-likeness (QED) is 0.564. The van der Waals surface area contributed by atoms with Crippen molar-refractivity contribution in [2.24, 2.45) is 0 Å². The number of carbonyl (C=O) groups excluding carboxylic acids is 1. The van der Waals surface area contributed by atoms with Gasteiger partial charge in [0, 0.05) is 6.42 Å². The summed E-state index contributed by atoms with van der Waals surface area (Å²) in [5.74, 6) is -3.51. The summed E-state index contributed by atoms with van der Waals surface area (Å²) in [6.07, 6.45) is 0.556. The summed E-state index contributed by atoms with van der Waals surface area (Å²) in [6.45, 7) is 2.35. The SMILES string of the molecule is CC(=O)Cc1ccccc1.Cc1c(C(=O)O)cc(OCCO)c(O)c1C(=O)O. The summed E-state index contributed by atoms with van der Waals surface area (Å²) >= 11 is 0. The van der Waals surface area contributed by atoms with Crippen LogP contribution < -0.4 is 4.74 Å². The number of carbonyl (C=O) groups is 3. The third-order valence-electron chi connectivity index (χ3n) is 3.61. The maximum Gasteiger partial charge on any atom is 0.339 e. The Kier molecular flexibility index (Phi) is 8.64. The molecule has 4 N–H and O–H groups in total. The Hall–Kier alpha value is -3.39. The molecule has 0 amide bonds. The first-order valence-corrected chi connectivity index (χ1v) is 8.29. The summed E-state index contributed by atoms with van der Waals surface area (Å²) in [5.41, 5.74) is 0.222. The van der Waals surface area contributed by atoms with E-state index >= 15 is 0 Å². The monoisotopic (exact) mass is 390 g/mol. The van der Waals surface area contributed by atoms with E-state index in [4.69, 9.17) is 20.1 Å². The highest BCUT2D eigenvalue weighted by Gasteiger charge is 2.23. The lowest BCUT2D eigenvalue weighted by atomic mass is 10.0. The van der Waals surface area contributed by atoms with E-state index in [0.717, 1.165) is 11.6 Å². The van der Waals surface area contributed by atoms with Crippen molar-refractivity contribution in [2.75, 3.05) is 13.2 Å². The number of carboxylic acid groups (broad SMARTS) is 2. The number of rotatable bonds is 7. The molecule has 28 heavy (non-hydrogen) atoms. The van der Waals surface area contributed by atoms with Gasteiger partial charge in [-0.1, -0.05) is 30.3 Å². The van der Waals surface area contributed by atoms with Gasteiger partial charge in [-0.05, 0) is 31.0 Å². The van der Waals surface area contributed by atoms with Crippen molar-refractivity contribution in [2.45, 2.75) is 20.3 Å². The number of phenols is 1. The Balaban J connectivity index is 0.000000330. The second-order valence-electron chi connectivity index (χ2n) is 5.82. The Labute approximate surface area is 161 Å². The van der Waals surface area contributed by atoms with Crippen LogP contribution in [0.15, 0.2) is 36.4 Å². The molecule has 2 aromatic rings. The van der Waals surface area contributed by atoms with Crippen molar-refractivity contribution in [3.05, 3.63) is 58.7 Å². The first-order valence-electron chi connectivity index (χ1n) is 8.29. The number of ether oxygens (including phenoxy) is 1. The Bertz CT molecular complexity index is 843. The van der Waals surface area contributed by atoms with Gasteiger partial charge < -0.3 is 25.2 Å². The predicted molar refractivity (Wildman–Crippen MR) is 100 cm³/mol. The molecule has 0 aromatic heterocycles. The van der Waals surface area contributed by atoms with Crippen LogP contribution in [0, 0.1) is 6.92 Å². The summed E-state index contributed by atoms with van der Waals surface area (Å²) < 4.78 is 4.90. The van der Waals surface area contributed by atoms with Gasteiger partial charge in [-0.3, -0.25) is 4.79 Å². The third kappa shape index (κ3) is 6.40. The van der Waals surface area contributed by atoms with E-state index in [9.17, 15) is 19.5 Å². The van der Waals surface area contributed by atoms with Crippen LogP contribution in [0.25, 0.3) is 0 Å². The fraction of sp³-hybridized carbons (Fsp3) is 0.250. The van der Waals surface area contributed by atoms with Crippen LogP contribution in [0.4, 0.5) is 0 Å². The van der Waals surface area contributed by atoms with Crippen molar-refractivity contribution in [3.8, 4) is 11.5 Å². The molecule has 0 aliphatic rings. The van der Waals surface area contributed by atoms with Gasteiger partial charge in [-0.25, -0.2) is 9.59 Å². The predicted octanol–water partition coefficient (Wildman–Crippen LogP) is 2.29. The smallest absolute Gasteiger partial charge is 0.339 e. The zero-order valence-electron chi connectivity index (χ0n) is 15.5. The number of benzene rings is 2. The van der Waals surface area contributed by atoms with Crippen molar-refractivity contribution in [1.29, 1.82) is 0 Å². The van der Waals surface area contributed by atoms with E-state index in [1.165, 1.54) is 6.92 Å². The lowest BCUT2D eigenvalue weighted by molar-refractivity contribution is -0.116. The van der Waals surface area contributed by atoms with Crippen LogP contribution in [0.1, 0.15) is 38.8 Å². The highest BCUT2D eigenvalue weighted by Crippen LogP contribution is 2.35. The minimum atomic E-state index is -1.46. The highest BCUT2D eigenvalue weighted by molar-refractivity contribution is 5.99. The molecule has 0 heterocycles. The maximum atomic E-state index is 11.0. The normalized spacial score (nSPS) is 9.82. The summed E-state index contributed by atoms with van der Waals surface area (Å²) in [6, 6.07) is 10.8. The van der Waals surface area contributed by atoms with Gasteiger partial charge in [0.15, 0.2) is 11.5 Å². The van der Waals surface area contributed by atoms with Crippen molar-refractivity contribution < 1.29 is 39.5 Å². The number of aromatic carboxylic acids is 2. The van der Waals surface area contributed by atoms with E-state index in [1.807, 2.05) is 30.3 Å². The minimum Gasteiger partial charge on any atom is -0.504 e. The van der Waals surface area contributed by atoms with Gasteiger partial charge in [0.25, 0.3) is 0 Å². The van der Waals surface area contributed by atoms with Gasteiger partial charge in [-0.2, -0.15) is 0 Å². The molecule has 0 fully saturated rings. The number of aromatic hydroxyl groups is 1. The molecule has 0 aliphatic carbocycles. The first-order chi connectivity index (χ1) is 13.2. The van der Waals surface area contributed by atoms with E-state index in [1.54, 1.807) is 6.92 Å². The van der Waals surface area contributed by atoms with Crippen LogP contribution >= 0.6 is 0 Å². The molecule has 0 aliphatic heterocycles. The molecule has 0 unspecified atom stereocenters. The Morgan fingerprint density at radius 2 is 1.64 bits per heavy atom. The van der Waals surface area contributed by atoms with Gasteiger partial charge in [0.2, 0.25) is 0 Å². The highest BCUT2D eigenvalue weighted by atomic mass is 16.5. The number of hydrogen-bond acceptors (Lipinski definition) is 6. The van der Waals surface area contributed by atoms with E-state index < -0.39 is 23.3 Å². The van der Waals surface area contributed by atoms with Gasteiger partial charge in [0.1, 0.15) is 18.0 Å². The second kappa shape index (κ2) is 10.7. The molecule has 0 atom stereocenters. The summed E-state index contributed by atoms with van der Waals surface area (Å²) in [4.78, 5) is 32.6. The molecule has 0 saturated carbocycles. The molecule has 0 radical (unpaired) electrons. The van der Waals surface area contributed by atoms with Crippen LogP contribution in [-0.4, -0.2) is 51.4 Å². The lowest BCUT2D eigenvalue weighted by Crippen LogP contribution is -2.10. The standard InChI is InChI=1S/C11H12O7.C9H10O/c1-5-6(10(14)15)4-7(18-3-2-12)9(13)8(5)11(16)17;1-8(10)7-9-5-3-2-4-6-9/h4,12-13H,2-3H2,1H3,(H,14,15)(H,16,17);2-6H,7H2,1H3. The van der Waals surface area contributed by atoms with Crippen LogP contribution in [-0.2, 0) is 11.2 Å². The van der Waals surface area contributed by atoms with Crippen molar-refractivity contribution in [3.63, 3.8) is 0 Å². The second-order valence-corrected chi connectivity index (χ2v) is 5.82. The number of hydrogen-bond donors (Lipinski definition) is 4. The molecule has 8 heteroatoms. The number of aliphatic hydroxyl groups excluding tert-OH is 1. The zero-order valence-corrected chi connectivity index (χ0v) is 15.5. The fourth-order valence-corrected chi connectivity index (χ4v) is 2.38. The molecule has 150 valence electrons. The number of ketones is 1. The van der Waals surface area contributed by atoms with Crippen LogP contribution in [0.2, 0.25) is 0 Å². The molecule has 2 rings (SSSR count). The third-order valence-corrected chi connectivity index (χ3v) is 3.61. The average Bonchev–Trinajstić information content (AvgIpc) is 2.61. The van der Waals surface area contributed by atoms with Gasteiger partial charge in [-0.15, -0.1) is 0 Å². The largest absolute Gasteiger partial charge is 0.504 e. The zero-order chi connectivity index (χ0) is 21.3. The number of Topliss-reactive ketones (excluding diaryl/α,β-unsaturated/α-hetero) is 1. The Morgan fingerprint density at radius 3 is 2.11 bits per heavy atom. The fourth-order valence-electron chi connectivity index (χ4n) is 2.38. The minimum absolute atomic E-state index is 0.0659. The van der Waals surface area contributed by atoms with Crippen LogP contribution in [0.5, 0.6) is 11.5 Å². The van der Waals surface area contributed by atoms with E-state index in [2.05, 4.69) is 0 Å². The topological polar surface area (TPSA) is 141 Å². The molecular weight excluding hydrogens is 368 g/mol. The average molecular weight is 390 g/mol. The molecule has 8 nitrogen and oxygen atoms in total. The molecule has 0 saturated heterocycles. The van der Waals surface area contributed by atoms with Crippen molar-refractivity contribution >= 4 is 17.7 Å². The lowest BCUT2D eigenvalue weighted by Gasteiger charge is -2.13. The van der Waals surface area contributed by atoms with Gasteiger partial charge >= 0.3 is 11.9 Å². The molecular formula is C20H22O8. The van der Waals surface area contributed by atoms with Gasteiger partial charge in [0.05, 0.1) is 12.2 Å². The molecule has 0 bridgehead atoms.